The van der Waals surface area contributed by atoms with Crippen LogP contribution in [0.3, 0.4) is 0 Å². The minimum Gasteiger partial charge on any atom is -0.309 e. The van der Waals surface area contributed by atoms with Crippen molar-refractivity contribution in [1.29, 1.82) is 0 Å². The minimum absolute atomic E-state index is 0.243. The van der Waals surface area contributed by atoms with Crippen LogP contribution in [-0.4, -0.2) is 28.8 Å². The molecule has 3 nitrogen and oxygen atoms in total. The summed E-state index contributed by atoms with van der Waals surface area (Å²) < 4.78 is 27.5. The Labute approximate surface area is 105 Å². The zero-order valence-corrected chi connectivity index (χ0v) is 10.5. The maximum atomic E-state index is 12.9. The number of hydrogen-bond donors (Lipinski definition) is 1. The summed E-state index contributed by atoms with van der Waals surface area (Å²) in [4.78, 5) is 0. The van der Waals surface area contributed by atoms with Crippen LogP contribution >= 0.6 is 0 Å². The highest BCUT2D eigenvalue weighted by molar-refractivity contribution is 5.81. The largest absolute Gasteiger partial charge is 0.309 e. The van der Waals surface area contributed by atoms with Crippen molar-refractivity contribution in [2.24, 2.45) is 7.05 Å². The third kappa shape index (κ3) is 2.51. The van der Waals surface area contributed by atoms with Gasteiger partial charge < -0.3 is 5.32 Å². The molecule has 1 atom stereocenters. The molecule has 1 unspecified atom stereocenters. The molecule has 0 aliphatic carbocycles. The molecule has 0 bridgehead atoms. The zero-order valence-electron chi connectivity index (χ0n) is 10.5. The van der Waals surface area contributed by atoms with Crippen LogP contribution in [-0.2, 0) is 13.5 Å². The first kappa shape index (κ1) is 13.0. The van der Waals surface area contributed by atoms with Crippen molar-refractivity contribution >= 4 is 10.9 Å². The van der Waals surface area contributed by atoms with Gasteiger partial charge in [0.25, 0.3) is 6.43 Å². The van der Waals surface area contributed by atoms with E-state index in [0.717, 1.165) is 16.6 Å². The molecule has 1 aromatic heterocycles. The Hall–Kier alpha value is -1.49. The number of nitrogens with one attached hydrogen (secondary N) is 1. The lowest BCUT2D eigenvalue weighted by molar-refractivity contribution is 0.0987. The van der Waals surface area contributed by atoms with Crippen molar-refractivity contribution in [2.45, 2.75) is 25.8 Å². The highest BCUT2D eigenvalue weighted by atomic mass is 19.3. The van der Waals surface area contributed by atoms with Crippen LogP contribution in [0, 0.1) is 0 Å². The van der Waals surface area contributed by atoms with Crippen LogP contribution in [0.15, 0.2) is 24.3 Å². The van der Waals surface area contributed by atoms with Gasteiger partial charge in [0, 0.05) is 18.9 Å². The molecule has 0 spiro atoms. The molecule has 98 valence electrons. The molecule has 0 saturated heterocycles. The molecule has 0 fully saturated rings. The normalized spacial score (nSPS) is 13.4. The lowest BCUT2D eigenvalue weighted by Gasteiger charge is -2.15. The molecule has 5 heteroatoms. The minimum atomic E-state index is -2.38. The number of halogens is 2. The maximum Gasteiger partial charge on any atom is 0.254 e. The predicted molar refractivity (Wildman–Crippen MR) is 67.9 cm³/mol. The average Bonchev–Trinajstić information content (AvgIpc) is 2.66. The molecule has 2 rings (SSSR count). The van der Waals surface area contributed by atoms with Gasteiger partial charge in [-0.25, -0.2) is 8.78 Å². The van der Waals surface area contributed by atoms with Crippen molar-refractivity contribution < 1.29 is 8.78 Å². The molecule has 0 saturated carbocycles. The van der Waals surface area contributed by atoms with Crippen molar-refractivity contribution in [2.75, 3.05) is 6.54 Å². The highest BCUT2D eigenvalue weighted by Crippen LogP contribution is 2.20. The first-order valence-corrected chi connectivity index (χ1v) is 6.05. The van der Waals surface area contributed by atoms with Gasteiger partial charge in [0.2, 0.25) is 0 Å². The number of hydrogen-bond acceptors (Lipinski definition) is 2. The van der Waals surface area contributed by atoms with Crippen molar-refractivity contribution in [3.05, 3.63) is 30.0 Å². The summed E-state index contributed by atoms with van der Waals surface area (Å²) in [5.41, 5.74) is 1.69. The lowest BCUT2D eigenvalue weighted by atomic mass is 10.1. The molecule has 0 amide bonds. The fraction of sp³-hybridized carbons (Fsp3) is 0.462. The van der Waals surface area contributed by atoms with E-state index in [1.54, 1.807) is 4.68 Å². The van der Waals surface area contributed by atoms with E-state index < -0.39 is 12.5 Å². The topological polar surface area (TPSA) is 29.9 Å². The molecular weight excluding hydrogens is 236 g/mol. The van der Waals surface area contributed by atoms with Gasteiger partial charge in [-0.1, -0.05) is 25.1 Å². The molecule has 0 aliphatic heterocycles. The summed E-state index contributed by atoms with van der Waals surface area (Å²) in [6.07, 6.45) is -2.14. The van der Waals surface area contributed by atoms with E-state index in [2.05, 4.69) is 10.4 Å². The van der Waals surface area contributed by atoms with Crippen LogP contribution < -0.4 is 5.32 Å². The molecule has 18 heavy (non-hydrogen) atoms. The van der Waals surface area contributed by atoms with Gasteiger partial charge in [0.05, 0.1) is 17.3 Å². The maximum absolute atomic E-state index is 12.9. The number of benzene rings is 1. The third-order valence-electron chi connectivity index (χ3n) is 3.02. The zero-order chi connectivity index (χ0) is 13.1. The van der Waals surface area contributed by atoms with Crippen molar-refractivity contribution in [1.82, 2.24) is 15.1 Å². The summed E-state index contributed by atoms with van der Waals surface area (Å²) in [5.74, 6) is 0. The fourth-order valence-corrected chi connectivity index (χ4v) is 2.16. The standard InChI is InChI=1S/C13H17F2N3/c1-3-16-11(13(14)15)8-10-9-6-4-5-7-12(9)18(2)17-10/h4-7,11,13,16H,3,8H2,1-2H3. The molecule has 0 radical (unpaired) electrons. The first-order chi connectivity index (χ1) is 8.63. The summed E-state index contributed by atoms with van der Waals surface area (Å²) in [7, 11) is 1.83. The summed E-state index contributed by atoms with van der Waals surface area (Å²) >= 11 is 0. The smallest absolute Gasteiger partial charge is 0.254 e. The number of likely N-dealkylation sites (N-methyl/N-ethyl adjacent to an activating group) is 1. The van der Waals surface area contributed by atoms with Crippen LogP contribution in [0.25, 0.3) is 10.9 Å². The second-order valence-corrected chi connectivity index (χ2v) is 4.29. The van der Waals surface area contributed by atoms with E-state index in [1.807, 2.05) is 38.2 Å². The van der Waals surface area contributed by atoms with Crippen molar-refractivity contribution in [3.63, 3.8) is 0 Å². The second-order valence-electron chi connectivity index (χ2n) is 4.29. The van der Waals surface area contributed by atoms with E-state index in [9.17, 15) is 8.78 Å². The molecule has 2 aromatic rings. The number of alkyl halides is 2. The quantitative estimate of drug-likeness (QED) is 0.886. The summed E-state index contributed by atoms with van der Waals surface area (Å²) in [6.45, 7) is 2.35. The number of nitrogens with zero attached hydrogens (tertiary/aromatic N) is 2. The van der Waals surface area contributed by atoms with Crippen molar-refractivity contribution in [3.8, 4) is 0 Å². The Balaban J connectivity index is 2.30. The number of para-hydroxylation sites is 1. The third-order valence-corrected chi connectivity index (χ3v) is 3.02. The monoisotopic (exact) mass is 253 g/mol. The molecule has 1 heterocycles. The van der Waals surface area contributed by atoms with Crippen LogP contribution in [0.4, 0.5) is 8.78 Å². The number of aromatic nitrogens is 2. The number of aryl methyl sites for hydroxylation is 1. The van der Waals surface area contributed by atoms with Gasteiger partial charge in [-0.15, -0.1) is 0 Å². The van der Waals surface area contributed by atoms with Gasteiger partial charge in [0.1, 0.15) is 0 Å². The van der Waals surface area contributed by atoms with E-state index >= 15 is 0 Å². The van der Waals surface area contributed by atoms with E-state index in [-0.39, 0.29) is 6.42 Å². The molecule has 0 aliphatic rings. The Kier molecular flexibility index (Phi) is 3.91. The van der Waals surface area contributed by atoms with Crippen LogP contribution in [0.2, 0.25) is 0 Å². The first-order valence-electron chi connectivity index (χ1n) is 6.05. The van der Waals surface area contributed by atoms with Gasteiger partial charge >= 0.3 is 0 Å². The Morgan fingerprint density at radius 1 is 1.33 bits per heavy atom. The van der Waals surface area contributed by atoms with Gasteiger partial charge in [-0.3, -0.25) is 4.68 Å². The summed E-state index contributed by atoms with van der Waals surface area (Å²) in [5, 5.41) is 8.09. The molecule has 1 N–H and O–H groups in total. The fourth-order valence-electron chi connectivity index (χ4n) is 2.16. The SMILES string of the molecule is CCNC(Cc1nn(C)c2ccccc12)C(F)F. The second kappa shape index (κ2) is 5.44. The van der Waals surface area contributed by atoms with Crippen LogP contribution in [0.5, 0.6) is 0 Å². The van der Waals surface area contributed by atoms with E-state index in [4.69, 9.17) is 0 Å². The van der Waals surface area contributed by atoms with Crippen LogP contribution in [0.1, 0.15) is 12.6 Å². The molecule has 1 aromatic carbocycles. The van der Waals surface area contributed by atoms with E-state index in [0.29, 0.717) is 6.54 Å². The highest BCUT2D eigenvalue weighted by Gasteiger charge is 2.22. The number of fused-ring (bicyclic) bond motifs is 1. The van der Waals surface area contributed by atoms with Gasteiger partial charge in [-0.05, 0) is 12.6 Å². The Morgan fingerprint density at radius 2 is 2.06 bits per heavy atom. The average molecular weight is 253 g/mol. The number of rotatable bonds is 5. The van der Waals surface area contributed by atoms with Gasteiger partial charge in [0.15, 0.2) is 0 Å². The van der Waals surface area contributed by atoms with E-state index in [1.165, 1.54) is 0 Å². The Morgan fingerprint density at radius 3 is 2.72 bits per heavy atom. The predicted octanol–water partition coefficient (Wildman–Crippen LogP) is 2.36. The molecular formula is C13H17F2N3. The van der Waals surface area contributed by atoms with Gasteiger partial charge in [-0.2, -0.15) is 5.10 Å². The summed E-state index contributed by atoms with van der Waals surface area (Å²) in [6, 6.07) is 6.84. The Bertz CT molecular complexity index is 522. The lowest BCUT2D eigenvalue weighted by Crippen LogP contribution is -2.37.